The summed E-state index contributed by atoms with van der Waals surface area (Å²) in [6, 6.07) is 10.9. The van der Waals surface area contributed by atoms with Crippen LogP contribution in [0.25, 0.3) is 6.08 Å². The Balaban J connectivity index is 1.76. The van der Waals surface area contributed by atoms with Gasteiger partial charge in [0, 0.05) is 0 Å². The molecule has 0 atom stereocenters. The van der Waals surface area contributed by atoms with Gasteiger partial charge in [-0.05, 0) is 72.0 Å². The Labute approximate surface area is 144 Å². The van der Waals surface area contributed by atoms with Gasteiger partial charge in [0.25, 0.3) is 0 Å². The van der Waals surface area contributed by atoms with E-state index < -0.39 is 11.9 Å². The first kappa shape index (κ1) is 16.4. The third-order valence-electron chi connectivity index (χ3n) is 4.03. The van der Waals surface area contributed by atoms with Gasteiger partial charge < -0.3 is 15.6 Å². The molecule has 2 aromatic rings. The van der Waals surface area contributed by atoms with Gasteiger partial charge in [-0.25, -0.2) is 9.59 Å². The minimum atomic E-state index is -1.05. The van der Waals surface area contributed by atoms with Crippen LogP contribution in [-0.2, 0) is 6.42 Å². The van der Waals surface area contributed by atoms with E-state index >= 15 is 0 Å². The molecule has 3 rings (SSSR count). The third kappa shape index (κ3) is 3.58. The average Bonchev–Trinajstić information content (AvgIpc) is 2.61. The summed E-state index contributed by atoms with van der Waals surface area (Å²) in [5.74, 6) is -1.10. The van der Waals surface area contributed by atoms with Crippen LogP contribution < -0.4 is 10.5 Å². The number of fused-ring (bicyclic) bond motifs is 1. The third-order valence-corrected chi connectivity index (χ3v) is 4.03. The lowest BCUT2D eigenvalue weighted by atomic mass is 9.91. The van der Waals surface area contributed by atoms with Crippen LogP contribution >= 0.6 is 0 Å². The number of aromatic carboxylic acids is 1. The molecule has 4 N–H and O–H groups in total. The molecule has 0 amide bonds. The molecule has 1 aliphatic carbocycles. The van der Waals surface area contributed by atoms with Crippen molar-refractivity contribution in [2.45, 2.75) is 12.8 Å². The van der Waals surface area contributed by atoms with Gasteiger partial charge in [0.1, 0.15) is 11.6 Å². The van der Waals surface area contributed by atoms with Crippen molar-refractivity contribution in [1.82, 2.24) is 0 Å². The number of carboxylic acid groups (broad SMARTS) is 1. The summed E-state index contributed by atoms with van der Waals surface area (Å²) in [6.07, 6.45) is 3.27. The second kappa shape index (κ2) is 6.60. The second-order valence-electron chi connectivity index (χ2n) is 5.72. The van der Waals surface area contributed by atoms with Gasteiger partial charge in [0.2, 0.25) is 0 Å². The highest BCUT2D eigenvalue weighted by atomic mass is 16.5. The van der Waals surface area contributed by atoms with Crippen molar-refractivity contribution < 1.29 is 19.4 Å². The van der Waals surface area contributed by atoms with Crippen molar-refractivity contribution in [1.29, 1.82) is 5.41 Å². The number of carbonyl (C=O) groups is 2. The summed E-state index contributed by atoms with van der Waals surface area (Å²) in [5.41, 5.74) is 8.70. The number of carboxylic acids is 1. The van der Waals surface area contributed by atoms with Crippen molar-refractivity contribution in [3.8, 4) is 5.75 Å². The normalized spacial score (nSPS) is 12.7. The van der Waals surface area contributed by atoms with Crippen LogP contribution in [0, 0.1) is 5.41 Å². The van der Waals surface area contributed by atoms with Gasteiger partial charge in [-0.3, -0.25) is 5.41 Å². The van der Waals surface area contributed by atoms with Crippen molar-refractivity contribution in [3.05, 3.63) is 70.3 Å². The van der Waals surface area contributed by atoms with E-state index in [1.165, 1.54) is 24.3 Å². The molecule has 0 aromatic heterocycles. The highest BCUT2D eigenvalue weighted by Gasteiger charge is 2.15. The van der Waals surface area contributed by atoms with Gasteiger partial charge in [-0.2, -0.15) is 0 Å². The van der Waals surface area contributed by atoms with E-state index in [2.05, 4.69) is 0 Å². The topological polar surface area (TPSA) is 113 Å². The Hall–Kier alpha value is -3.41. The molecule has 6 nitrogen and oxygen atoms in total. The molecule has 25 heavy (non-hydrogen) atoms. The largest absolute Gasteiger partial charge is 0.478 e. The number of nitrogens with one attached hydrogen (secondary N) is 1. The minimum absolute atomic E-state index is 0.0750. The summed E-state index contributed by atoms with van der Waals surface area (Å²) in [7, 11) is 0. The molecule has 0 bridgehead atoms. The van der Waals surface area contributed by atoms with E-state index in [1.54, 1.807) is 12.1 Å². The first-order valence-electron chi connectivity index (χ1n) is 7.67. The molecule has 0 fully saturated rings. The standard InChI is InChI=1S/C19H16N2O4/c20-17(21)15-6-5-14-10-16(8-7-13(14)9-15)25-19(24)12-3-1-11(2-4-12)18(22)23/h1-4,7-10H,5-6H2,(H3,20,21)(H,22,23). The van der Waals surface area contributed by atoms with E-state index in [1.807, 2.05) is 12.1 Å². The number of hydrogen-bond acceptors (Lipinski definition) is 4. The molecule has 2 aromatic carbocycles. The lowest BCUT2D eigenvalue weighted by molar-refractivity contribution is 0.0691. The van der Waals surface area contributed by atoms with Crippen molar-refractivity contribution >= 4 is 23.9 Å². The molecule has 0 radical (unpaired) electrons. The molecule has 0 saturated heterocycles. The molecule has 1 aliphatic rings. The molecule has 6 heteroatoms. The first-order chi connectivity index (χ1) is 11.9. The summed E-state index contributed by atoms with van der Waals surface area (Å²) >= 11 is 0. The number of amidine groups is 1. The maximum Gasteiger partial charge on any atom is 0.343 e. The Morgan fingerprint density at radius 3 is 2.36 bits per heavy atom. The van der Waals surface area contributed by atoms with E-state index in [9.17, 15) is 9.59 Å². The first-order valence-corrected chi connectivity index (χ1v) is 7.67. The zero-order valence-electron chi connectivity index (χ0n) is 13.3. The summed E-state index contributed by atoms with van der Waals surface area (Å²) in [5, 5.41) is 16.4. The number of nitrogens with two attached hydrogens (primary N) is 1. The Morgan fingerprint density at radius 1 is 1.04 bits per heavy atom. The lowest BCUT2D eigenvalue weighted by Gasteiger charge is -2.16. The lowest BCUT2D eigenvalue weighted by Crippen LogP contribution is -2.16. The van der Waals surface area contributed by atoms with E-state index in [-0.39, 0.29) is 17.0 Å². The number of benzene rings is 2. The predicted octanol–water partition coefficient (Wildman–Crippen LogP) is 2.87. The van der Waals surface area contributed by atoms with E-state index in [0.29, 0.717) is 12.2 Å². The van der Waals surface area contributed by atoms with Crippen LogP contribution in [-0.4, -0.2) is 22.9 Å². The number of hydrogen-bond donors (Lipinski definition) is 3. The molecular weight excluding hydrogens is 320 g/mol. The summed E-state index contributed by atoms with van der Waals surface area (Å²) in [6.45, 7) is 0. The average molecular weight is 336 g/mol. The fraction of sp³-hybridized carbons (Fsp3) is 0.105. The minimum Gasteiger partial charge on any atom is -0.478 e. The van der Waals surface area contributed by atoms with Crippen LogP contribution in [0.4, 0.5) is 0 Å². The van der Waals surface area contributed by atoms with Gasteiger partial charge in [0.05, 0.1) is 11.1 Å². The maximum absolute atomic E-state index is 12.2. The quantitative estimate of drug-likeness (QED) is 0.344. The number of ether oxygens (including phenoxy) is 1. The fourth-order valence-corrected chi connectivity index (χ4v) is 2.66. The summed E-state index contributed by atoms with van der Waals surface area (Å²) in [4.78, 5) is 23.0. The van der Waals surface area contributed by atoms with Crippen molar-refractivity contribution in [3.63, 3.8) is 0 Å². The second-order valence-corrected chi connectivity index (χ2v) is 5.72. The highest BCUT2D eigenvalue weighted by molar-refractivity contribution is 5.99. The van der Waals surface area contributed by atoms with E-state index in [0.717, 1.165) is 23.1 Å². The van der Waals surface area contributed by atoms with Crippen LogP contribution in [0.5, 0.6) is 5.75 Å². The van der Waals surface area contributed by atoms with Crippen LogP contribution in [0.15, 0.2) is 48.0 Å². The molecule has 0 unspecified atom stereocenters. The van der Waals surface area contributed by atoms with Gasteiger partial charge in [-0.1, -0.05) is 6.07 Å². The van der Waals surface area contributed by atoms with Gasteiger partial charge >= 0.3 is 11.9 Å². The van der Waals surface area contributed by atoms with Gasteiger partial charge in [0.15, 0.2) is 0 Å². The molecule has 126 valence electrons. The van der Waals surface area contributed by atoms with Gasteiger partial charge in [-0.15, -0.1) is 0 Å². The fourth-order valence-electron chi connectivity index (χ4n) is 2.66. The predicted molar refractivity (Wildman–Crippen MR) is 93.0 cm³/mol. The molecular formula is C19H16N2O4. The zero-order chi connectivity index (χ0) is 18.0. The Morgan fingerprint density at radius 2 is 1.72 bits per heavy atom. The smallest absolute Gasteiger partial charge is 0.343 e. The Kier molecular flexibility index (Phi) is 4.35. The Bertz CT molecular complexity index is 898. The number of rotatable bonds is 4. The van der Waals surface area contributed by atoms with Crippen molar-refractivity contribution in [2.24, 2.45) is 5.73 Å². The highest BCUT2D eigenvalue weighted by Crippen LogP contribution is 2.27. The van der Waals surface area contributed by atoms with E-state index in [4.69, 9.17) is 21.0 Å². The van der Waals surface area contributed by atoms with Crippen LogP contribution in [0.3, 0.4) is 0 Å². The molecule has 0 spiro atoms. The SMILES string of the molecule is N=C(N)C1=Cc2ccc(OC(=O)c3ccc(C(=O)O)cc3)cc2CC1. The number of esters is 1. The number of carbonyl (C=O) groups excluding carboxylic acids is 1. The monoisotopic (exact) mass is 336 g/mol. The number of aryl methyl sites for hydroxylation is 1. The van der Waals surface area contributed by atoms with Crippen LogP contribution in [0.2, 0.25) is 0 Å². The molecule has 0 saturated carbocycles. The molecule has 0 heterocycles. The summed E-state index contributed by atoms with van der Waals surface area (Å²) < 4.78 is 5.37. The zero-order valence-corrected chi connectivity index (χ0v) is 13.3. The molecule has 0 aliphatic heterocycles. The van der Waals surface area contributed by atoms with Crippen LogP contribution in [0.1, 0.15) is 38.3 Å². The maximum atomic E-state index is 12.2. The van der Waals surface area contributed by atoms with Crippen molar-refractivity contribution in [2.75, 3.05) is 0 Å².